The Hall–Kier alpha value is 0.170. The van der Waals surface area contributed by atoms with Crippen molar-refractivity contribution in [3.8, 4) is 0 Å². The molecule has 0 aromatic carbocycles. The van der Waals surface area contributed by atoms with E-state index in [1.165, 1.54) is 12.8 Å². The maximum absolute atomic E-state index is 6.01. The second kappa shape index (κ2) is 4.35. The van der Waals surface area contributed by atoms with Gasteiger partial charge in [-0.05, 0) is 12.8 Å². The second-order valence-electron chi connectivity index (χ2n) is 4.15. The Morgan fingerprint density at radius 1 is 1.29 bits per heavy atom. The molecule has 1 aliphatic heterocycles. The normalized spacial score (nSPS) is 39.9. The highest BCUT2D eigenvalue weighted by molar-refractivity contribution is 8.08. The topological polar surface area (TPSA) is 38.4 Å². The number of aliphatic imine (C=N–C) groups is 1. The van der Waals surface area contributed by atoms with Crippen molar-refractivity contribution in [3.63, 3.8) is 0 Å². The lowest BCUT2D eigenvalue weighted by Gasteiger charge is -2.30. The summed E-state index contributed by atoms with van der Waals surface area (Å²) in [5.74, 6) is 2.03. The molecule has 0 aromatic heterocycles. The molecule has 80 valence electrons. The zero-order valence-electron chi connectivity index (χ0n) is 8.77. The van der Waals surface area contributed by atoms with Gasteiger partial charge in [-0.15, -0.1) is 11.8 Å². The summed E-state index contributed by atoms with van der Waals surface area (Å²) in [6.45, 7) is 4.59. The van der Waals surface area contributed by atoms with Crippen LogP contribution >= 0.6 is 23.5 Å². The summed E-state index contributed by atoms with van der Waals surface area (Å²) in [5, 5.41) is 1.92. The van der Waals surface area contributed by atoms with Crippen molar-refractivity contribution in [1.82, 2.24) is 0 Å². The number of hydrogen-bond donors (Lipinski definition) is 1. The molecule has 0 radical (unpaired) electrons. The fourth-order valence-corrected chi connectivity index (χ4v) is 4.27. The first kappa shape index (κ1) is 10.7. The van der Waals surface area contributed by atoms with E-state index >= 15 is 0 Å². The fraction of sp³-hybridized carbons (Fsp3) is 0.900. The molecule has 0 bridgehead atoms. The third-order valence-corrected chi connectivity index (χ3v) is 6.18. The Kier molecular flexibility index (Phi) is 3.32. The van der Waals surface area contributed by atoms with E-state index in [1.807, 2.05) is 23.5 Å². The van der Waals surface area contributed by atoms with E-state index in [2.05, 4.69) is 18.8 Å². The van der Waals surface area contributed by atoms with Crippen molar-refractivity contribution in [1.29, 1.82) is 0 Å². The monoisotopic (exact) mass is 230 g/mol. The molecule has 2 N–H and O–H groups in total. The van der Waals surface area contributed by atoms with Crippen molar-refractivity contribution >= 4 is 29.4 Å². The Bertz CT molecular complexity index is 238. The second-order valence-corrected chi connectivity index (χ2v) is 7.15. The minimum Gasteiger partial charge on any atom is -0.387 e. The molecule has 1 saturated carbocycles. The highest BCUT2D eigenvalue weighted by Crippen LogP contribution is 2.36. The SMILES string of the molecule is CC1SCC(C(N)=NC2CC2)SC1C. The third kappa shape index (κ3) is 2.60. The number of hydrogen-bond acceptors (Lipinski definition) is 3. The summed E-state index contributed by atoms with van der Waals surface area (Å²) in [4.78, 5) is 4.53. The molecule has 1 heterocycles. The van der Waals surface area contributed by atoms with E-state index in [0.29, 0.717) is 16.5 Å². The van der Waals surface area contributed by atoms with Gasteiger partial charge in [0.05, 0.1) is 11.3 Å². The minimum absolute atomic E-state index is 0.465. The minimum atomic E-state index is 0.465. The van der Waals surface area contributed by atoms with Crippen molar-refractivity contribution in [2.75, 3.05) is 5.75 Å². The summed E-state index contributed by atoms with van der Waals surface area (Å²) < 4.78 is 0. The van der Waals surface area contributed by atoms with Gasteiger partial charge < -0.3 is 5.73 Å². The number of nitrogens with two attached hydrogens (primary N) is 1. The third-order valence-electron chi connectivity index (χ3n) is 2.76. The van der Waals surface area contributed by atoms with Crippen LogP contribution in [-0.2, 0) is 0 Å². The lowest BCUT2D eigenvalue weighted by molar-refractivity contribution is 0.908. The molecule has 1 saturated heterocycles. The summed E-state index contributed by atoms with van der Waals surface area (Å²) >= 11 is 4.02. The molecule has 1 aliphatic carbocycles. The summed E-state index contributed by atoms with van der Waals surface area (Å²) in [6.07, 6.45) is 2.49. The molecule has 3 unspecified atom stereocenters. The van der Waals surface area contributed by atoms with Crippen LogP contribution in [0.2, 0.25) is 0 Å². The van der Waals surface area contributed by atoms with Gasteiger partial charge in [0.15, 0.2) is 0 Å². The summed E-state index contributed by atoms with van der Waals surface area (Å²) in [7, 11) is 0. The number of nitrogens with zero attached hydrogens (tertiary/aromatic N) is 1. The Morgan fingerprint density at radius 3 is 2.57 bits per heavy atom. The molecule has 4 heteroatoms. The Morgan fingerprint density at radius 2 is 2.00 bits per heavy atom. The molecule has 14 heavy (non-hydrogen) atoms. The maximum atomic E-state index is 6.01. The van der Waals surface area contributed by atoms with Gasteiger partial charge in [0.1, 0.15) is 5.84 Å². The first-order valence-corrected chi connectivity index (χ1v) is 7.26. The first-order chi connectivity index (χ1) is 6.66. The summed E-state index contributed by atoms with van der Waals surface area (Å²) in [5.41, 5.74) is 6.01. The molecule has 0 aromatic rings. The standard InChI is InChI=1S/C10H18N2S2/c1-6-7(2)14-9(5-13-6)10(11)12-8-3-4-8/h6-9H,3-5H2,1-2H3,(H2,11,12). The smallest absolute Gasteiger partial charge is 0.108 e. The average molecular weight is 230 g/mol. The predicted molar refractivity (Wildman–Crippen MR) is 67.4 cm³/mol. The quantitative estimate of drug-likeness (QED) is 0.583. The molecular formula is C10H18N2S2. The van der Waals surface area contributed by atoms with Gasteiger partial charge in [-0.25, -0.2) is 0 Å². The molecule has 2 nitrogen and oxygen atoms in total. The van der Waals surface area contributed by atoms with Gasteiger partial charge in [-0.3, -0.25) is 4.99 Å². The zero-order valence-corrected chi connectivity index (χ0v) is 10.4. The highest BCUT2D eigenvalue weighted by atomic mass is 32.2. The lowest BCUT2D eigenvalue weighted by atomic mass is 10.3. The van der Waals surface area contributed by atoms with E-state index in [-0.39, 0.29) is 0 Å². The van der Waals surface area contributed by atoms with Gasteiger partial charge >= 0.3 is 0 Å². The number of rotatable bonds is 2. The van der Waals surface area contributed by atoms with E-state index in [0.717, 1.165) is 16.8 Å². The van der Waals surface area contributed by atoms with Crippen molar-refractivity contribution < 1.29 is 0 Å². The Labute approximate surface area is 94.5 Å². The number of amidine groups is 1. The van der Waals surface area contributed by atoms with E-state index in [4.69, 9.17) is 5.73 Å². The van der Waals surface area contributed by atoms with Crippen LogP contribution in [-0.4, -0.2) is 33.4 Å². The van der Waals surface area contributed by atoms with Crippen LogP contribution in [0.25, 0.3) is 0 Å². The predicted octanol–water partition coefficient (Wildman–Crippen LogP) is 2.13. The van der Waals surface area contributed by atoms with Crippen LogP contribution in [0.1, 0.15) is 26.7 Å². The summed E-state index contributed by atoms with van der Waals surface area (Å²) in [6, 6.07) is 0.565. The van der Waals surface area contributed by atoms with Crippen LogP contribution in [0.4, 0.5) is 0 Å². The van der Waals surface area contributed by atoms with Crippen LogP contribution in [0.3, 0.4) is 0 Å². The Balaban J connectivity index is 1.91. The van der Waals surface area contributed by atoms with Crippen LogP contribution in [0, 0.1) is 0 Å². The van der Waals surface area contributed by atoms with Crippen LogP contribution < -0.4 is 5.73 Å². The maximum Gasteiger partial charge on any atom is 0.108 e. The highest BCUT2D eigenvalue weighted by Gasteiger charge is 2.29. The molecule has 2 rings (SSSR count). The average Bonchev–Trinajstić information content (AvgIpc) is 2.93. The van der Waals surface area contributed by atoms with Crippen LogP contribution in [0.5, 0.6) is 0 Å². The molecule has 0 spiro atoms. The zero-order chi connectivity index (χ0) is 10.1. The molecule has 2 aliphatic rings. The van der Waals surface area contributed by atoms with E-state index < -0.39 is 0 Å². The molecule has 3 atom stereocenters. The largest absolute Gasteiger partial charge is 0.387 e. The first-order valence-electron chi connectivity index (χ1n) is 5.27. The van der Waals surface area contributed by atoms with Crippen LogP contribution in [0.15, 0.2) is 4.99 Å². The van der Waals surface area contributed by atoms with Crippen molar-refractivity contribution in [3.05, 3.63) is 0 Å². The van der Waals surface area contributed by atoms with E-state index in [9.17, 15) is 0 Å². The van der Waals surface area contributed by atoms with Crippen molar-refractivity contribution in [2.45, 2.75) is 48.5 Å². The fourth-order valence-electron chi connectivity index (χ4n) is 1.44. The van der Waals surface area contributed by atoms with Gasteiger partial charge in [0, 0.05) is 16.3 Å². The van der Waals surface area contributed by atoms with E-state index in [1.54, 1.807) is 0 Å². The van der Waals surface area contributed by atoms with Gasteiger partial charge in [-0.2, -0.15) is 11.8 Å². The number of thioether (sulfide) groups is 2. The van der Waals surface area contributed by atoms with Gasteiger partial charge in [-0.1, -0.05) is 13.8 Å². The van der Waals surface area contributed by atoms with Crippen molar-refractivity contribution in [2.24, 2.45) is 10.7 Å². The molecule has 0 amide bonds. The van der Waals surface area contributed by atoms with Gasteiger partial charge in [0.2, 0.25) is 0 Å². The molecule has 2 fully saturated rings. The molecular weight excluding hydrogens is 212 g/mol. The lowest BCUT2D eigenvalue weighted by Crippen LogP contribution is -2.36. The van der Waals surface area contributed by atoms with Gasteiger partial charge in [0.25, 0.3) is 0 Å².